The van der Waals surface area contributed by atoms with Gasteiger partial charge in [0.15, 0.2) is 9.84 Å². The van der Waals surface area contributed by atoms with Gasteiger partial charge in [0.1, 0.15) is 5.82 Å². The van der Waals surface area contributed by atoms with Crippen LogP contribution in [-0.4, -0.2) is 14.2 Å². The normalized spacial score (nSPS) is 11.6. The van der Waals surface area contributed by atoms with E-state index in [0.717, 1.165) is 12.8 Å². The summed E-state index contributed by atoms with van der Waals surface area (Å²) in [6.45, 7) is 2.01. The van der Waals surface area contributed by atoms with Gasteiger partial charge in [-0.2, -0.15) is 0 Å². The van der Waals surface area contributed by atoms with Crippen molar-refractivity contribution in [1.82, 2.24) is 0 Å². The summed E-state index contributed by atoms with van der Waals surface area (Å²) in [5.41, 5.74) is 6.29. The van der Waals surface area contributed by atoms with E-state index in [-0.39, 0.29) is 11.5 Å². The largest absolute Gasteiger partial charge is 0.398 e. The first-order valence-corrected chi connectivity index (χ1v) is 7.51. The summed E-state index contributed by atoms with van der Waals surface area (Å²) in [5, 5.41) is 0. The molecular weight excluding hydrogens is 241 g/mol. The van der Waals surface area contributed by atoms with Crippen molar-refractivity contribution < 1.29 is 12.8 Å². The number of halogens is 1. The maximum atomic E-state index is 13.0. The molecule has 2 N–H and O–H groups in total. The van der Waals surface area contributed by atoms with E-state index in [4.69, 9.17) is 5.73 Å². The zero-order valence-corrected chi connectivity index (χ0v) is 10.8. The number of hydrogen-bond donors (Lipinski definition) is 1. The highest BCUT2D eigenvalue weighted by atomic mass is 32.2. The van der Waals surface area contributed by atoms with Gasteiger partial charge >= 0.3 is 0 Å². The molecule has 0 spiro atoms. The highest BCUT2D eigenvalue weighted by Crippen LogP contribution is 2.17. The van der Waals surface area contributed by atoms with Gasteiger partial charge in [-0.15, -0.1) is 0 Å². The minimum Gasteiger partial charge on any atom is -0.398 e. The number of unbranched alkanes of at least 4 members (excludes halogenated alkanes) is 2. The van der Waals surface area contributed by atoms with E-state index in [0.29, 0.717) is 17.7 Å². The Bertz CT molecular complexity index is 471. The Hall–Kier alpha value is -1.10. The Kier molecular flexibility index (Phi) is 4.93. The van der Waals surface area contributed by atoms with Crippen molar-refractivity contribution in [1.29, 1.82) is 0 Å². The fraction of sp³-hybridized carbons (Fsp3) is 0.500. The van der Waals surface area contributed by atoms with Gasteiger partial charge in [0.2, 0.25) is 0 Å². The minimum atomic E-state index is -3.19. The van der Waals surface area contributed by atoms with Crippen molar-refractivity contribution in [2.45, 2.75) is 31.9 Å². The Labute approximate surface area is 102 Å². The van der Waals surface area contributed by atoms with Gasteiger partial charge in [0.25, 0.3) is 0 Å². The second-order valence-electron chi connectivity index (χ2n) is 4.14. The van der Waals surface area contributed by atoms with Crippen molar-refractivity contribution in [2.75, 3.05) is 11.5 Å². The Morgan fingerprint density at radius 2 is 2.00 bits per heavy atom. The van der Waals surface area contributed by atoms with E-state index < -0.39 is 15.7 Å². The molecule has 0 heterocycles. The third kappa shape index (κ3) is 4.73. The smallest absolute Gasteiger partial charge is 0.154 e. The predicted molar refractivity (Wildman–Crippen MR) is 67.8 cm³/mol. The average molecular weight is 259 g/mol. The molecule has 0 saturated carbocycles. The van der Waals surface area contributed by atoms with Gasteiger partial charge in [-0.25, -0.2) is 12.8 Å². The number of sulfone groups is 1. The molecule has 0 saturated heterocycles. The van der Waals surface area contributed by atoms with Crippen LogP contribution in [0.25, 0.3) is 0 Å². The molecule has 3 nitrogen and oxygen atoms in total. The molecule has 0 radical (unpaired) electrons. The molecule has 0 aliphatic carbocycles. The second-order valence-corrected chi connectivity index (χ2v) is 6.33. The molecule has 96 valence electrons. The molecule has 0 atom stereocenters. The fourth-order valence-electron chi connectivity index (χ4n) is 1.58. The molecule has 0 bridgehead atoms. The molecular formula is C12H18FNO2S. The third-order valence-electron chi connectivity index (χ3n) is 2.54. The molecule has 5 heteroatoms. The first kappa shape index (κ1) is 14.0. The lowest BCUT2D eigenvalue weighted by atomic mass is 10.2. The van der Waals surface area contributed by atoms with Crippen LogP contribution in [0.1, 0.15) is 31.7 Å². The second kappa shape index (κ2) is 6.00. The molecule has 1 rings (SSSR count). The lowest BCUT2D eigenvalue weighted by molar-refractivity contribution is 0.589. The highest BCUT2D eigenvalue weighted by Gasteiger charge is 2.14. The number of nitrogens with two attached hydrogens (primary N) is 1. The molecule has 0 aliphatic heterocycles. The van der Waals surface area contributed by atoms with Gasteiger partial charge in [0.05, 0.1) is 11.5 Å². The monoisotopic (exact) mass is 259 g/mol. The van der Waals surface area contributed by atoms with Crippen LogP contribution in [0, 0.1) is 5.82 Å². The first-order chi connectivity index (χ1) is 7.94. The van der Waals surface area contributed by atoms with Crippen LogP contribution in [0.5, 0.6) is 0 Å². The Balaban J connectivity index is 2.72. The van der Waals surface area contributed by atoms with Crippen LogP contribution in [0.3, 0.4) is 0 Å². The lowest BCUT2D eigenvalue weighted by Gasteiger charge is -2.07. The van der Waals surface area contributed by atoms with Crippen LogP contribution in [0.4, 0.5) is 10.1 Å². The van der Waals surface area contributed by atoms with Gasteiger partial charge in [0, 0.05) is 5.69 Å². The lowest BCUT2D eigenvalue weighted by Crippen LogP contribution is -2.11. The number of rotatable bonds is 6. The van der Waals surface area contributed by atoms with E-state index in [9.17, 15) is 12.8 Å². The first-order valence-electron chi connectivity index (χ1n) is 5.69. The molecule has 0 unspecified atom stereocenters. The third-order valence-corrected chi connectivity index (χ3v) is 4.20. The zero-order chi connectivity index (χ0) is 12.9. The van der Waals surface area contributed by atoms with E-state index >= 15 is 0 Å². The van der Waals surface area contributed by atoms with Crippen LogP contribution in [0.15, 0.2) is 18.2 Å². The van der Waals surface area contributed by atoms with Crippen LogP contribution in [0.2, 0.25) is 0 Å². The molecule has 17 heavy (non-hydrogen) atoms. The maximum absolute atomic E-state index is 13.0. The van der Waals surface area contributed by atoms with E-state index in [1.54, 1.807) is 0 Å². The molecule has 1 aromatic rings. The SMILES string of the molecule is CCCCCS(=O)(=O)Cc1cc(F)ccc1N. The van der Waals surface area contributed by atoms with Crippen LogP contribution in [-0.2, 0) is 15.6 Å². The maximum Gasteiger partial charge on any atom is 0.154 e. The Morgan fingerprint density at radius 3 is 2.65 bits per heavy atom. The highest BCUT2D eigenvalue weighted by molar-refractivity contribution is 7.90. The summed E-state index contributed by atoms with van der Waals surface area (Å²) in [6, 6.07) is 3.81. The van der Waals surface area contributed by atoms with E-state index in [1.165, 1.54) is 18.2 Å². The summed E-state index contributed by atoms with van der Waals surface area (Å²) in [6.07, 6.45) is 2.50. The molecule has 0 fully saturated rings. The van der Waals surface area contributed by atoms with E-state index in [2.05, 4.69) is 0 Å². The number of hydrogen-bond acceptors (Lipinski definition) is 3. The standard InChI is InChI=1S/C12H18FNO2S/c1-2-3-4-7-17(15,16)9-10-8-11(13)5-6-12(10)14/h5-6,8H,2-4,7,9,14H2,1H3. The quantitative estimate of drug-likeness (QED) is 0.630. The summed E-state index contributed by atoms with van der Waals surface area (Å²) >= 11 is 0. The summed E-state index contributed by atoms with van der Waals surface area (Å²) < 4.78 is 36.5. The van der Waals surface area contributed by atoms with Crippen molar-refractivity contribution in [3.05, 3.63) is 29.6 Å². The van der Waals surface area contributed by atoms with Gasteiger partial charge in [-0.3, -0.25) is 0 Å². The fourth-order valence-corrected chi connectivity index (χ4v) is 3.09. The van der Waals surface area contributed by atoms with Crippen molar-refractivity contribution in [3.63, 3.8) is 0 Å². The van der Waals surface area contributed by atoms with Crippen LogP contribution >= 0.6 is 0 Å². The summed E-state index contributed by atoms with van der Waals surface area (Å²) in [4.78, 5) is 0. The van der Waals surface area contributed by atoms with Crippen molar-refractivity contribution >= 4 is 15.5 Å². The molecule has 0 aromatic heterocycles. The van der Waals surface area contributed by atoms with Crippen LogP contribution < -0.4 is 5.73 Å². The molecule has 1 aromatic carbocycles. The topological polar surface area (TPSA) is 60.2 Å². The number of benzene rings is 1. The Morgan fingerprint density at radius 1 is 1.29 bits per heavy atom. The minimum absolute atomic E-state index is 0.136. The van der Waals surface area contributed by atoms with Gasteiger partial charge in [-0.05, 0) is 30.2 Å². The number of anilines is 1. The summed E-state index contributed by atoms with van der Waals surface area (Å²) in [7, 11) is -3.19. The average Bonchev–Trinajstić information content (AvgIpc) is 2.23. The predicted octanol–water partition coefficient (Wildman–Crippen LogP) is 2.51. The van der Waals surface area contributed by atoms with E-state index in [1.807, 2.05) is 6.92 Å². The number of nitrogen functional groups attached to an aromatic ring is 1. The van der Waals surface area contributed by atoms with Gasteiger partial charge < -0.3 is 5.73 Å². The molecule has 0 amide bonds. The molecule has 0 aliphatic rings. The van der Waals surface area contributed by atoms with Gasteiger partial charge in [-0.1, -0.05) is 19.8 Å². The summed E-state index contributed by atoms with van der Waals surface area (Å²) in [5.74, 6) is -0.505. The van der Waals surface area contributed by atoms with Crippen molar-refractivity contribution in [3.8, 4) is 0 Å². The van der Waals surface area contributed by atoms with Crippen molar-refractivity contribution in [2.24, 2.45) is 0 Å². The zero-order valence-electron chi connectivity index (χ0n) is 9.95.